The van der Waals surface area contributed by atoms with Gasteiger partial charge in [-0.3, -0.25) is 4.79 Å². The van der Waals surface area contributed by atoms with Crippen LogP contribution in [0.4, 0.5) is 0 Å². The Hall–Kier alpha value is -0.530. The summed E-state index contributed by atoms with van der Waals surface area (Å²) >= 11 is 0. The molecule has 1 saturated heterocycles. The molecule has 136 valence electrons. The van der Waals surface area contributed by atoms with Crippen LogP contribution in [0.1, 0.15) is 116 Å². The van der Waals surface area contributed by atoms with Gasteiger partial charge in [-0.1, -0.05) is 90.4 Å². The maximum absolute atomic E-state index is 11.4. The summed E-state index contributed by atoms with van der Waals surface area (Å²) < 4.78 is 5.11. The summed E-state index contributed by atoms with van der Waals surface area (Å²) in [4.78, 5) is 11.4. The van der Waals surface area contributed by atoms with E-state index < -0.39 is 0 Å². The van der Waals surface area contributed by atoms with Crippen molar-refractivity contribution >= 4 is 5.97 Å². The van der Waals surface area contributed by atoms with Gasteiger partial charge in [0.1, 0.15) is 0 Å². The van der Waals surface area contributed by atoms with Gasteiger partial charge < -0.3 is 4.74 Å². The van der Waals surface area contributed by atoms with Crippen LogP contribution in [0.25, 0.3) is 0 Å². The SMILES string of the molecule is CCCCCCCCCCCCCCCC1CCCOC(=O)C1. The molecule has 1 aliphatic heterocycles. The fraction of sp³-hybridized carbons (Fsp3) is 0.952. The molecule has 0 aromatic rings. The molecule has 1 heterocycles. The van der Waals surface area contributed by atoms with Crippen molar-refractivity contribution in [2.75, 3.05) is 6.61 Å². The van der Waals surface area contributed by atoms with E-state index in [1.54, 1.807) is 0 Å². The van der Waals surface area contributed by atoms with E-state index in [0.717, 1.165) is 6.42 Å². The summed E-state index contributed by atoms with van der Waals surface area (Å²) in [5, 5.41) is 0. The van der Waals surface area contributed by atoms with Crippen LogP contribution in [0.15, 0.2) is 0 Å². The minimum absolute atomic E-state index is 0.0298. The molecule has 23 heavy (non-hydrogen) atoms. The number of carbonyl (C=O) groups is 1. The summed E-state index contributed by atoms with van der Waals surface area (Å²) in [7, 11) is 0. The lowest BCUT2D eigenvalue weighted by Crippen LogP contribution is -2.06. The lowest BCUT2D eigenvalue weighted by Gasteiger charge is -2.11. The first-order chi connectivity index (χ1) is 11.3. The molecule has 0 radical (unpaired) electrons. The number of ether oxygens (including phenoxy) is 1. The second kappa shape index (κ2) is 15.0. The van der Waals surface area contributed by atoms with Crippen LogP contribution in [0.5, 0.6) is 0 Å². The number of rotatable bonds is 14. The highest BCUT2D eigenvalue weighted by Crippen LogP contribution is 2.23. The van der Waals surface area contributed by atoms with E-state index in [9.17, 15) is 4.79 Å². The van der Waals surface area contributed by atoms with Gasteiger partial charge in [0.2, 0.25) is 0 Å². The lowest BCUT2D eigenvalue weighted by atomic mass is 9.93. The van der Waals surface area contributed by atoms with E-state index in [1.807, 2.05) is 0 Å². The third-order valence-corrected chi connectivity index (χ3v) is 5.19. The third-order valence-electron chi connectivity index (χ3n) is 5.19. The molecule has 2 nitrogen and oxygen atoms in total. The highest BCUT2D eigenvalue weighted by Gasteiger charge is 2.17. The summed E-state index contributed by atoms with van der Waals surface area (Å²) in [5.74, 6) is 0.625. The summed E-state index contributed by atoms with van der Waals surface area (Å²) in [6.07, 6.45) is 22.4. The van der Waals surface area contributed by atoms with E-state index in [4.69, 9.17) is 4.74 Å². The van der Waals surface area contributed by atoms with Crippen molar-refractivity contribution in [1.82, 2.24) is 0 Å². The molecule has 1 rings (SSSR count). The first kappa shape index (κ1) is 20.5. The molecule has 0 N–H and O–H groups in total. The Balaban J connectivity index is 1.78. The van der Waals surface area contributed by atoms with Crippen LogP contribution in [0.2, 0.25) is 0 Å². The number of hydrogen-bond acceptors (Lipinski definition) is 2. The second-order valence-electron chi connectivity index (χ2n) is 7.46. The molecule has 0 aromatic carbocycles. The van der Waals surface area contributed by atoms with Crippen LogP contribution in [0, 0.1) is 5.92 Å². The first-order valence-corrected chi connectivity index (χ1v) is 10.5. The van der Waals surface area contributed by atoms with E-state index in [1.165, 1.54) is 96.3 Å². The summed E-state index contributed by atoms with van der Waals surface area (Å²) in [5.41, 5.74) is 0. The lowest BCUT2D eigenvalue weighted by molar-refractivity contribution is -0.143. The number of hydrogen-bond donors (Lipinski definition) is 0. The van der Waals surface area contributed by atoms with Gasteiger partial charge in [-0.05, 0) is 25.2 Å². The first-order valence-electron chi connectivity index (χ1n) is 10.5. The maximum atomic E-state index is 11.4. The van der Waals surface area contributed by atoms with Gasteiger partial charge in [0.15, 0.2) is 0 Å². The average Bonchev–Trinajstić information content (AvgIpc) is 2.76. The Morgan fingerprint density at radius 1 is 0.826 bits per heavy atom. The monoisotopic (exact) mass is 324 g/mol. The number of carbonyl (C=O) groups excluding carboxylic acids is 1. The smallest absolute Gasteiger partial charge is 0.306 e. The van der Waals surface area contributed by atoms with Gasteiger partial charge in [-0.2, -0.15) is 0 Å². The standard InChI is InChI=1S/C21H40O2/c1-2-3-4-5-6-7-8-9-10-11-12-13-14-16-20-17-15-18-23-21(22)19-20/h20H,2-19H2,1H3. The predicted octanol–water partition coefficient (Wildman–Crippen LogP) is 6.81. The van der Waals surface area contributed by atoms with Crippen LogP contribution in [0.3, 0.4) is 0 Å². The van der Waals surface area contributed by atoms with Crippen LogP contribution in [-0.2, 0) is 9.53 Å². The fourth-order valence-corrected chi connectivity index (χ4v) is 3.65. The van der Waals surface area contributed by atoms with Gasteiger partial charge in [0.05, 0.1) is 6.61 Å². The third kappa shape index (κ3) is 12.5. The Morgan fingerprint density at radius 3 is 1.91 bits per heavy atom. The molecule has 0 bridgehead atoms. The van der Waals surface area contributed by atoms with Crippen molar-refractivity contribution in [3.63, 3.8) is 0 Å². The van der Waals surface area contributed by atoms with E-state index in [0.29, 0.717) is 18.9 Å². The Bertz CT molecular complexity index is 275. The number of unbranched alkanes of at least 4 members (excludes halogenated alkanes) is 12. The van der Waals surface area contributed by atoms with Crippen LogP contribution >= 0.6 is 0 Å². The maximum Gasteiger partial charge on any atom is 0.306 e. The summed E-state index contributed by atoms with van der Waals surface area (Å²) in [6.45, 7) is 2.93. The zero-order chi connectivity index (χ0) is 16.6. The molecular formula is C21H40O2. The van der Waals surface area contributed by atoms with Gasteiger partial charge >= 0.3 is 5.97 Å². The average molecular weight is 325 g/mol. The molecular weight excluding hydrogens is 284 g/mol. The molecule has 0 spiro atoms. The molecule has 1 aliphatic rings. The highest BCUT2D eigenvalue weighted by atomic mass is 16.5. The van der Waals surface area contributed by atoms with Crippen LogP contribution < -0.4 is 0 Å². The predicted molar refractivity (Wildman–Crippen MR) is 98.6 cm³/mol. The molecule has 1 unspecified atom stereocenters. The van der Waals surface area contributed by atoms with Crippen molar-refractivity contribution in [3.8, 4) is 0 Å². The van der Waals surface area contributed by atoms with Crippen molar-refractivity contribution < 1.29 is 9.53 Å². The van der Waals surface area contributed by atoms with Crippen molar-refractivity contribution in [2.24, 2.45) is 5.92 Å². The van der Waals surface area contributed by atoms with E-state index in [-0.39, 0.29) is 5.97 Å². The van der Waals surface area contributed by atoms with Crippen molar-refractivity contribution in [3.05, 3.63) is 0 Å². The van der Waals surface area contributed by atoms with Crippen molar-refractivity contribution in [1.29, 1.82) is 0 Å². The van der Waals surface area contributed by atoms with E-state index in [2.05, 4.69) is 6.92 Å². The van der Waals surface area contributed by atoms with Crippen molar-refractivity contribution in [2.45, 2.75) is 116 Å². The van der Waals surface area contributed by atoms with Gasteiger partial charge in [0, 0.05) is 6.42 Å². The van der Waals surface area contributed by atoms with Crippen LogP contribution in [-0.4, -0.2) is 12.6 Å². The fourth-order valence-electron chi connectivity index (χ4n) is 3.65. The van der Waals surface area contributed by atoms with Gasteiger partial charge in [-0.15, -0.1) is 0 Å². The number of esters is 1. The van der Waals surface area contributed by atoms with E-state index >= 15 is 0 Å². The van der Waals surface area contributed by atoms with Gasteiger partial charge in [0.25, 0.3) is 0 Å². The zero-order valence-corrected chi connectivity index (χ0v) is 15.6. The second-order valence-corrected chi connectivity index (χ2v) is 7.46. The molecule has 0 aromatic heterocycles. The molecule has 1 atom stereocenters. The topological polar surface area (TPSA) is 26.3 Å². The zero-order valence-electron chi connectivity index (χ0n) is 15.6. The molecule has 0 aliphatic carbocycles. The molecule has 1 fully saturated rings. The minimum Gasteiger partial charge on any atom is -0.466 e. The largest absolute Gasteiger partial charge is 0.466 e. The van der Waals surface area contributed by atoms with Gasteiger partial charge in [-0.25, -0.2) is 0 Å². The Kier molecular flexibility index (Phi) is 13.4. The summed E-state index contributed by atoms with van der Waals surface area (Å²) in [6, 6.07) is 0. The number of cyclic esters (lactones) is 1. The quantitative estimate of drug-likeness (QED) is 0.259. The molecule has 2 heteroatoms. The minimum atomic E-state index is 0.0298. The highest BCUT2D eigenvalue weighted by molar-refractivity contribution is 5.69. The Morgan fingerprint density at radius 2 is 1.35 bits per heavy atom. The normalized spacial score (nSPS) is 18.7. The molecule has 0 saturated carbocycles. The Labute approximate surface area is 144 Å². The molecule has 0 amide bonds.